The van der Waals surface area contributed by atoms with Gasteiger partial charge in [0.25, 0.3) is 5.69 Å². The Morgan fingerprint density at radius 2 is 2.24 bits per heavy atom. The van der Waals surface area contributed by atoms with Crippen molar-refractivity contribution in [1.82, 2.24) is 0 Å². The monoisotopic (exact) mass is 304 g/mol. The number of thiophene rings is 1. The number of nitro groups is 1. The number of hydrogen-bond acceptors (Lipinski definition) is 5. The molecule has 0 unspecified atom stereocenters. The zero-order valence-corrected chi connectivity index (χ0v) is 12.5. The predicted octanol–water partition coefficient (Wildman–Crippen LogP) is 3.27. The SMILES string of the molecule is C[C@@H](O)c1ccc(N2CCc3sccc3C2)c([N+](=O)[O-])c1. The number of anilines is 1. The molecule has 2 aromatic rings. The third-order valence-electron chi connectivity index (χ3n) is 3.83. The highest BCUT2D eigenvalue weighted by atomic mass is 32.1. The first-order valence-corrected chi connectivity index (χ1v) is 7.71. The quantitative estimate of drug-likeness (QED) is 0.698. The molecule has 1 aliphatic rings. The highest BCUT2D eigenvalue weighted by molar-refractivity contribution is 7.10. The summed E-state index contributed by atoms with van der Waals surface area (Å²) in [5, 5.41) is 23.0. The lowest BCUT2D eigenvalue weighted by Gasteiger charge is -2.28. The summed E-state index contributed by atoms with van der Waals surface area (Å²) < 4.78 is 0. The zero-order chi connectivity index (χ0) is 15.0. The smallest absolute Gasteiger partial charge is 0.292 e. The van der Waals surface area contributed by atoms with Crippen LogP contribution < -0.4 is 4.90 Å². The van der Waals surface area contributed by atoms with E-state index in [2.05, 4.69) is 11.4 Å². The highest BCUT2D eigenvalue weighted by Crippen LogP contribution is 2.35. The molecule has 0 amide bonds. The Hall–Kier alpha value is -1.92. The van der Waals surface area contributed by atoms with Crippen LogP contribution in [0.15, 0.2) is 29.6 Å². The van der Waals surface area contributed by atoms with Crippen LogP contribution in [0.5, 0.6) is 0 Å². The van der Waals surface area contributed by atoms with Gasteiger partial charge in [0.15, 0.2) is 0 Å². The molecule has 0 aliphatic carbocycles. The van der Waals surface area contributed by atoms with Crippen LogP contribution in [0, 0.1) is 10.1 Å². The second kappa shape index (κ2) is 5.46. The molecule has 3 rings (SSSR count). The topological polar surface area (TPSA) is 66.6 Å². The summed E-state index contributed by atoms with van der Waals surface area (Å²) in [5.41, 5.74) is 2.51. The number of rotatable bonds is 3. The predicted molar refractivity (Wildman–Crippen MR) is 82.8 cm³/mol. The van der Waals surface area contributed by atoms with Gasteiger partial charge in [-0.15, -0.1) is 11.3 Å². The molecule has 0 radical (unpaired) electrons. The molecule has 0 saturated heterocycles. The summed E-state index contributed by atoms with van der Waals surface area (Å²) in [5.74, 6) is 0. The zero-order valence-electron chi connectivity index (χ0n) is 11.7. The maximum Gasteiger partial charge on any atom is 0.292 e. The Labute approximate surface area is 126 Å². The number of hydrogen-bond donors (Lipinski definition) is 1. The van der Waals surface area contributed by atoms with Gasteiger partial charge in [0, 0.05) is 24.0 Å². The van der Waals surface area contributed by atoms with E-state index in [9.17, 15) is 15.2 Å². The van der Waals surface area contributed by atoms with E-state index >= 15 is 0 Å². The molecule has 110 valence electrons. The number of aliphatic hydroxyl groups excluding tert-OH is 1. The van der Waals surface area contributed by atoms with E-state index in [0.29, 0.717) is 17.8 Å². The van der Waals surface area contributed by atoms with Crippen LogP contribution >= 0.6 is 11.3 Å². The van der Waals surface area contributed by atoms with Gasteiger partial charge in [-0.05, 0) is 42.0 Å². The van der Waals surface area contributed by atoms with Gasteiger partial charge in [-0.1, -0.05) is 6.07 Å². The van der Waals surface area contributed by atoms with E-state index in [0.717, 1.165) is 13.0 Å². The first-order valence-electron chi connectivity index (χ1n) is 6.83. The van der Waals surface area contributed by atoms with E-state index < -0.39 is 6.10 Å². The van der Waals surface area contributed by atoms with Gasteiger partial charge in [-0.25, -0.2) is 0 Å². The number of nitro benzene ring substituents is 1. The Balaban J connectivity index is 1.97. The van der Waals surface area contributed by atoms with Gasteiger partial charge < -0.3 is 10.0 Å². The van der Waals surface area contributed by atoms with Gasteiger partial charge in [-0.3, -0.25) is 10.1 Å². The van der Waals surface area contributed by atoms with Crippen molar-refractivity contribution < 1.29 is 10.0 Å². The first kappa shape index (κ1) is 14.0. The minimum Gasteiger partial charge on any atom is -0.389 e. The van der Waals surface area contributed by atoms with Crippen molar-refractivity contribution in [3.8, 4) is 0 Å². The van der Waals surface area contributed by atoms with Crippen molar-refractivity contribution >= 4 is 22.7 Å². The summed E-state index contributed by atoms with van der Waals surface area (Å²) in [6, 6.07) is 7.07. The summed E-state index contributed by atoms with van der Waals surface area (Å²) in [6.07, 6.45) is 0.213. The molecule has 1 aromatic carbocycles. The molecule has 1 N–H and O–H groups in total. The number of aliphatic hydroxyl groups is 1. The van der Waals surface area contributed by atoms with Gasteiger partial charge in [-0.2, -0.15) is 0 Å². The lowest BCUT2D eigenvalue weighted by atomic mass is 10.1. The second-order valence-electron chi connectivity index (χ2n) is 5.22. The van der Waals surface area contributed by atoms with Crippen LogP contribution in [0.3, 0.4) is 0 Å². The Morgan fingerprint density at radius 3 is 2.95 bits per heavy atom. The molecule has 6 heteroatoms. The van der Waals surface area contributed by atoms with Crippen molar-refractivity contribution in [2.24, 2.45) is 0 Å². The third kappa shape index (κ3) is 2.64. The van der Waals surface area contributed by atoms with Crippen LogP contribution in [0.1, 0.15) is 29.0 Å². The fraction of sp³-hybridized carbons (Fsp3) is 0.333. The molecule has 1 aliphatic heterocycles. The summed E-state index contributed by atoms with van der Waals surface area (Å²) >= 11 is 1.75. The summed E-state index contributed by atoms with van der Waals surface area (Å²) in [6.45, 7) is 3.09. The first-order chi connectivity index (χ1) is 10.1. The average Bonchev–Trinajstić information content (AvgIpc) is 2.93. The van der Waals surface area contributed by atoms with Crippen molar-refractivity contribution in [2.75, 3.05) is 11.4 Å². The molecule has 1 aromatic heterocycles. The van der Waals surface area contributed by atoms with Crippen LogP contribution in [0.2, 0.25) is 0 Å². The number of nitrogens with zero attached hydrogens (tertiary/aromatic N) is 2. The van der Waals surface area contributed by atoms with E-state index in [4.69, 9.17) is 0 Å². The molecular formula is C15H16N2O3S. The molecular weight excluding hydrogens is 288 g/mol. The molecule has 0 fully saturated rings. The lowest BCUT2D eigenvalue weighted by molar-refractivity contribution is -0.384. The molecule has 0 saturated carbocycles. The minimum atomic E-state index is -0.706. The minimum absolute atomic E-state index is 0.0621. The second-order valence-corrected chi connectivity index (χ2v) is 6.22. The lowest BCUT2D eigenvalue weighted by Crippen LogP contribution is -2.29. The molecule has 21 heavy (non-hydrogen) atoms. The van der Waals surface area contributed by atoms with Gasteiger partial charge in [0.05, 0.1) is 11.0 Å². The Morgan fingerprint density at radius 1 is 1.43 bits per heavy atom. The van der Waals surface area contributed by atoms with Crippen molar-refractivity contribution in [1.29, 1.82) is 0 Å². The maximum absolute atomic E-state index is 11.3. The van der Waals surface area contributed by atoms with Crippen molar-refractivity contribution in [3.05, 3.63) is 55.8 Å². The van der Waals surface area contributed by atoms with Gasteiger partial charge in [0.2, 0.25) is 0 Å². The van der Waals surface area contributed by atoms with Crippen LogP contribution in [-0.4, -0.2) is 16.6 Å². The molecule has 2 heterocycles. The standard InChI is InChI=1S/C15H16N2O3S/c1-10(18)11-2-3-13(14(8-11)17(19)20)16-6-4-15-12(9-16)5-7-21-15/h2-3,5,7-8,10,18H,4,6,9H2,1H3/t10-/m1/s1. The molecule has 0 spiro atoms. The average molecular weight is 304 g/mol. The van der Waals surface area contributed by atoms with E-state index in [1.165, 1.54) is 16.5 Å². The maximum atomic E-state index is 11.3. The highest BCUT2D eigenvalue weighted by Gasteiger charge is 2.24. The summed E-state index contributed by atoms with van der Waals surface area (Å²) in [4.78, 5) is 14.4. The Bertz CT molecular complexity index is 681. The Kier molecular flexibility index (Phi) is 3.65. The van der Waals surface area contributed by atoms with Crippen molar-refractivity contribution in [3.63, 3.8) is 0 Å². The molecule has 1 atom stereocenters. The van der Waals surface area contributed by atoms with Gasteiger partial charge in [0.1, 0.15) is 5.69 Å². The van der Waals surface area contributed by atoms with Crippen molar-refractivity contribution in [2.45, 2.75) is 26.0 Å². The van der Waals surface area contributed by atoms with E-state index in [-0.39, 0.29) is 10.6 Å². The van der Waals surface area contributed by atoms with Crippen LogP contribution in [-0.2, 0) is 13.0 Å². The van der Waals surface area contributed by atoms with E-state index in [1.807, 2.05) is 4.90 Å². The fourth-order valence-corrected chi connectivity index (χ4v) is 3.56. The van der Waals surface area contributed by atoms with E-state index in [1.54, 1.807) is 30.4 Å². The van der Waals surface area contributed by atoms with Crippen LogP contribution in [0.25, 0.3) is 0 Å². The van der Waals surface area contributed by atoms with Gasteiger partial charge >= 0.3 is 0 Å². The summed E-state index contributed by atoms with van der Waals surface area (Å²) in [7, 11) is 0. The largest absolute Gasteiger partial charge is 0.389 e. The fourth-order valence-electron chi connectivity index (χ4n) is 2.67. The third-order valence-corrected chi connectivity index (χ3v) is 4.85. The number of fused-ring (bicyclic) bond motifs is 1. The normalized spacial score (nSPS) is 15.6. The van der Waals surface area contributed by atoms with Crippen LogP contribution in [0.4, 0.5) is 11.4 Å². The number of benzene rings is 1. The molecule has 0 bridgehead atoms. The molecule has 5 nitrogen and oxygen atoms in total.